The molecule has 0 bridgehead atoms. The monoisotopic (exact) mass is 303 g/mol. The van der Waals surface area contributed by atoms with Gasteiger partial charge in [-0.3, -0.25) is 14.6 Å². The van der Waals surface area contributed by atoms with Crippen LogP contribution in [0.5, 0.6) is 0 Å². The van der Waals surface area contributed by atoms with E-state index in [2.05, 4.69) is 10.3 Å². The van der Waals surface area contributed by atoms with E-state index in [0.29, 0.717) is 6.54 Å². The third-order valence-corrected chi connectivity index (χ3v) is 4.20. The highest BCUT2D eigenvalue weighted by Gasteiger charge is 2.24. The predicted octanol–water partition coefficient (Wildman–Crippen LogP) is 2.27. The third-order valence-electron chi connectivity index (χ3n) is 4.20. The molecule has 1 aromatic rings. The van der Waals surface area contributed by atoms with E-state index in [1.807, 2.05) is 12.1 Å². The summed E-state index contributed by atoms with van der Waals surface area (Å²) in [6.07, 6.45) is 10.2. The Hall–Kier alpha value is -1.91. The largest absolute Gasteiger partial charge is 0.350 e. The van der Waals surface area contributed by atoms with Gasteiger partial charge in [0.15, 0.2) is 0 Å². The van der Waals surface area contributed by atoms with Crippen LogP contribution in [0.15, 0.2) is 24.5 Å². The Balaban J connectivity index is 1.87. The number of pyridine rings is 1. The highest BCUT2D eigenvalue weighted by atomic mass is 16.2. The molecule has 1 aliphatic rings. The lowest BCUT2D eigenvalue weighted by molar-refractivity contribution is -0.136. The van der Waals surface area contributed by atoms with Gasteiger partial charge in [0, 0.05) is 31.9 Å². The first-order valence-electron chi connectivity index (χ1n) is 8.09. The number of hydrogen-bond donors (Lipinski definition) is 1. The van der Waals surface area contributed by atoms with E-state index in [-0.39, 0.29) is 24.4 Å². The molecule has 0 aliphatic heterocycles. The van der Waals surface area contributed by atoms with E-state index >= 15 is 0 Å². The second-order valence-corrected chi connectivity index (χ2v) is 5.93. The van der Waals surface area contributed by atoms with Crippen molar-refractivity contribution in [2.45, 2.75) is 58.0 Å². The van der Waals surface area contributed by atoms with Crippen LogP contribution in [0.3, 0.4) is 0 Å². The van der Waals surface area contributed by atoms with Gasteiger partial charge in [-0.2, -0.15) is 0 Å². The van der Waals surface area contributed by atoms with Crippen LogP contribution < -0.4 is 5.32 Å². The van der Waals surface area contributed by atoms with Gasteiger partial charge < -0.3 is 10.2 Å². The smallest absolute Gasteiger partial charge is 0.239 e. The molecule has 0 saturated heterocycles. The first-order valence-corrected chi connectivity index (χ1v) is 8.09. The van der Waals surface area contributed by atoms with E-state index in [1.54, 1.807) is 24.2 Å². The normalized spacial score (nSPS) is 15.9. The number of nitrogens with zero attached hydrogens (tertiary/aromatic N) is 2. The van der Waals surface area contributed by atoms with Crippen molar-refractivity contribution in [2.75, 3.05) is 6.54 Å². The Morgan fingerprint density at radius 2 is 2.00 bits per heavy atom. The van der Waals surface area contributed by atoms with Gasteiger partial charge in [-0.15, -0.1) is 0 Å². The molecule has 22 heavy (non-hydrogen) atoms. The van der Waals surface area contributed by atoms with Gasteiger partial charge in [0.2, 0.25) is 11.8 Å². The van der Waals surface area contributed by atoms with E-state index in [1.165, 1.54) is 12.8 Å². The molecule has 2 amide bonds. The Labute approximate surface area is 132 Å². The van der Waals surface area contributed by atoms with Crippen LogP contribution in [-0.4, -0.2) is 34.3 Å². The zero-order chi connectivity index (χ0) is 15.8. The fourth-order valence-electron chi connectivity index (χ4n) is 2.98. The topological polar surface area (TPSA) is 62.3 Å². The zero-order valence-electron chi connectivity index (χ0n) is 13.3. The van der Waals surface area contributed by atoms with Gasteiger partial charge >= 0.3 is 0 Å². The first kappa shape index (κ1) is 16.5. The molecule has 0 aromatic carbocycles. The molecule has 1 aromatic heterocycles. The van der Waals surface area contributed by atoms with Crippen molar-refractivity contribution in [3.8, 4) is 0 Å². The molecule has 1 aliphatic carbocycles. The number of carbonyl (C=O) groups excluding carboxylic acids is 2. The number of amides is 2. The van der Waals surface area contributed by atoms with Crippen LogP contribution in [0, 0.1) is 0 Å². The van der Waals surface area contributed by atoms with Crippen molar-refractivity contribution in [3.05, 3.63) is 30.1 Å². The van der Waals surface area contributed by atoms with Gasteiger partial charge in [-0.1, -0.05) is 31.7 Å². The molecule has 120 valence electrons. The zero-order valence-corrected chi connectivity index (χ0v) is 13.3. The number of carbonyl (C=O) groups is 2. The fraction of sp³-hybridized carbons (Fsp3) is 0.588. The van der Waals surface area contributed by atoms with Crippen molar-refractivity contribution >= 4 is 11.8 Å². The van der Waals surface area contributed by atoms with E-state index < -0.39 is 0 Å². The van der Waals surface area contributed by atoms with Crippen LogP contribution >= 0.6 is 0 Å². The summed E-state index contributed by atoms with van der Waals surface area (Å²) in [5, 5.41) is 2.87. The van der Waals surface area contributed by atoms with Crippen LogP contribution in [0.25, 0.3) is 0 Å². The van der Waals surface area contributed by atoms with Gasteiger partial charge in [-0.05, 0) is 24.5 Å². The maximum atomic E-state index is 12.1. The quantitative estimate of drug-likeness (QED) is 0.849. The summed E-state index contributed by atoms with van der Waals surface area (Å²) in [6.45, 7) is 2.16. The molecule has 0 radical (unpaired) electrons. The molecule has 0 unspecified atom stereocenters. The maximum absolute atomic E-state index is 12.1. The lowest BCUT2D eigenvalue weighted by Crippen LogP contribution is -2.45. The molecular formula is C17H25N3O2. The molecule has 1 heterocycles. The molecule has 5 nitrogen and oxygen atoms in total. The van der Waals surface area contributed by atoms with Crippen molar-refractivity contribution < 1.29 is 9.59 Å². The summed E-state index contributed by atoms with van der Waals surface area (Å²) in [7, 11) is 0. The van der Waals surface area contributed by atoms with E-state index in [9.17, 15) is 9.59 Å². The minimum absolute atomic E-state index is 0.0107. The first-order chi connectivity index (χ1) is 10.7. The van der Waals surface area contributed by atoms with Gasteiger partial charge in [-0.25, -0.2) is 0 Å². The summed E-state index contributed by atoms with van der Waals surface area (Å²) < 4.78 is 0. The Morgan fingerprint density at radius 3 is 2.59 bits per heavy atom. The molecule has 1 fully saturated rings. The Morgan fingerprint density at radius 1 is 1.27 bits per heavy atom. The number of nitrogens with one attached hydrogen (secondary N) is 1. The summed E-state index contributed by atoms with van der Waals surface area (Å²) in [6, 6.07) is 3.97. The second-order valence-electron chi connectivity index (χ2n) is 5.93. The van der Waals surface area contributed by atoms with Crippen molar-refractivity contribution in [3.63, 3.8) is 0 Å². The third kappa shape index (κ3) is 5.13. The Bertz CT molecular complexity index is 482. The molecule has 1 saturated carbocycles. The molecular weight excluding hydrogens is 278 g/mol. The SMILES string of the molecule is CC(=O)N(CC(=O)NCc1cccnc1)C1CCCCCC1. The number of hydrogen-bond acceptors (Lipinski definition) is 3. The van der Waals surface area contributed by atoms with Crippen LogP contribution in [0.1, 0.15) is 51.0 Å². The van der Waals surface area contributed by atoms with Crippen molar-refractivity contribution in [1.82, 2.24) is 15.2 Å². The Kier molecular flexibility index (Phi) is 6.37. The van der Waals surface area contributed by atoms with Crippen molar-refractivity contribution in [2.24, 2.45) is 0 Å². The summed E-state index contributed by atoms with van der Waals surface area (Å²) in [4.78, 5) is 29.8. The fourth-order valence-corrected chi connectivity index (χ4v) is 2.98. The lowest BCUT2D eigenvalue weighted by atomic mass is 10.1. The van der Waals surface area contributed by atoms with Crippen molar-refractivity contribution in [1.29, 1.82) is 0 Å². The van der Waals surface area contributed by atoms with Crippen LogP contribution in [-0.2, 0) is 16.1 Å². The van der Waals surface area contributed by atoms with Gasteiger partial charge in [0.05, 0.1) is 6.54 Å². The molecule has 1 N–H and O–H groups in total. The average Bonchev–Trinajstić information content (AvgIpc) is 2.80. The maximum Gasteiger partial charge on any atom is 0.239 e. The molecule has 0 atom stereocenters. The minimum Gasteiger partial charge on any atom is -0.350 e. The molecule has 2 rings (SSSR count). The number of rotatable bonds is 5. The summed E-state index contributed by atoms with van der Waals surface area (Å²) in [5.41, 5.74) is 0.958. The lowest BCUT2D eigenvalue weighted by Gasteiger charge is -2.29. The van der Waals surface area contributed by atoms with E-state index in [0.717, 1.165) is 31.2 Å². The van der Waals surface area contributed by atoms with E-state index in [4.69, 9.17) is 0 Å². The minimum atomic E-state index is -0.108. The predicted molar refractivity (Wildman–Crippen MR) is 85.0 cm³/mol. The second kappa shape index (κ2) is 8.51. The van der Waals surface area contributed by atoms with Crippen LogP contribution in [0.4, 0.5) is 0 Å². The van der Waals surface area contributed by atoms with Crippen LogP contribution in [0.2, 0.25) is 0 Å². The highest BCUT2D eigenvalue weighted by Crippen LogP contribution is 2.21. The van der Waals surface area contributed by atoms with Gasteiger partial charge in [0.1, 0.15) is 0 Å². The van der Waals surface area contributed by atoms with Gasteiger partial charge in [0.25, 0.3) is 0 Å². The average molecular weight is 303 g/mol. The molecule has 0 spiro atoms. The summed E-state index contributed by atoms with van der Waals surface area (Å²) in [5.74, 6) is -0.119. The summed E-state index contributed by atoms with van der Waals surface area (Å²) >= 11 is 0. The number of aromatic nitrogens is 1. The molecule has 5 heteroatoms. The highest BCUT2D eigenvalue weighted by molar-refractivity contribution is 5.83. The standard InChI is InChI=1S/C17H25N3O2/c1-14(21)20(16-8-4-2-3-5-9-16)13-17(22)19-12-15-7-6-10-18-11-15/h6-7,10-11,16H,2-5,8-9,12-13H2,1H3,(H,19,22).